The molecule has 4 heteroatoms. The Morgan fingerprint density at radius 2 is 1.50 bits per heavy atom. The molecule has 0 aromatic carbocycles. The normalized spacial score (nSPS) is 21.6. The zero-order valence-corrected chi connectivity index (χ0v) is 12.9. The van der Waals surface area contributed by atoms with E-state index in [-0.39, 0.29) is 0 Å². The van der Waals surface area contributed by atoms with E-state index in [9.17, 15) is 0 Å². The van der Waals surface area contributed by atoms with Crippen LogP contribution in [0.15, 0.2) is 49.1 Å². The van der Waals surface area contributed by atoms with Crippen molar-refractivity contribution in [1.82, 2.24) is 20.6 Å². The van der Waals surface area contributed by atoms with Crippen molar-refractivity contribution in [3.63, 3.8) is 0 Å². The Labute approximate surface area is 132 Å². The van der Waals surface area contributed by atoms with E-state index in [0.29, 0.717) is 12.1 Å². The number of pyridine rings is 2. The van der Waals surface area contributed by atoms with Gasteiger partial charge in [-0.1, -0.05) is 18.9 Å². The van der Waals surface area contributed by atoms with Gasteiger partial charge in [0.25, 0.3) is 0 Å². The molecule has 0 bridgehead atoms. The minimum absolute atomic E-state index is 0.538. The molecule has 0 aliphatic heterocycles. The van der Waals surface area contributed by atoms with Crippen LogP contribution in [0.3, 0.4) is 0 Å². The lowest BCUT2D eigenvalue weighted by Crippen LogP contribution is -2.49. The SMILES string of the molecule is c1cncc(CN[C@@H]2CCCC[C@H]2NCc2ccncc2)c1. The second-order valence-electron chi connectivity index (χ2n) is 5.98. The van der Waals surface area contributed by atoms with Crippen molar-refractivity contribution in [2.24, 2.45) is 0 Å². The lowest BCUT2D eigenvalue weighted by atomic mass is 9.90. The first-order valence-electron chi connectivity index (χ1n) is 8.16. The average molecular weight is 296 g/mol. The Kier molecular flexibility index (Phi) is 5.51. The van der Waals surface area contributed by atoms with E-state index >= 15 is 0 Å². The molecule has 22 heavy (non-hydrogen) atoms. The van der Waals surface area contributed by atoms with Crippen LogP contribution in [0.2, 0.25) is 0 Å². The van der Waals surface area contributed by atoms with Crippen LogP contribution < -0.4 is 10.6 Å². The summed E-state index contributed by atoms with van der Waals surface area (Å²) in [6.45, 7) is 1.81. The smallest absolute Gasteiger partial charge is 0.0312 e. The Balaban J connectivity index is 1.52. The molecular formula is C18H24N4. The van der Waals surface area contributed by atoms with Gasteiger partial charge in [-0.25, -0.2) is 0 Å². The molecule has 116 valence electrons. The van der Waals surface area contributed by atoms with Crippen LogP contribution in [0.25, 0.3) is 0 Å². The molecule has 3 rings (SSSR count). The summed E-state index contributed by atoms with van der Waals surface area (Å²) in [4.78, 5) is 8.25. The highest BCUT2D eigenvalue weighted by molar-refractivity contribution is 5.10. The van der Waals surface area contributed by atoms with Crippen LogP contribution in [-0.4, -0.2) is 22.1 Å². The van der Waals surface area contributed by atoms with Crippen LogP contribution in [0, 0.1) is 0 Å². The van der Waals surface area contributed by atoms with Crippen LogP contribution in [0.4, 0.5) is 0 Å². The maximum Gasteiger partial charge on any atom is 0.0312 e. The molecule has 0 spiro atoms. The average Bonchev–Trinajstić information content (AvgIpc) is 2.61. The first-order chi connectivity index (χ1) is 10.9. The molecule has 2 aromatic rings. The van der Waals surface area contributed by atoms with E-state index in [0.717, 1.165) is 13.1 Å². The molecule has 2 N–H and O–H groups in total. The van der Waals surface area contributed by atoms with E-state index < -0.39 is 0 Å². The molecule has 2 atom stereocenters. The maximum atomic E-state index is 4.18. The molecule has 2 heterocycles. The van der Waals surface area contributed by atoms with E-state index in [1.165, 1.54) is 36.8 Å². The Bertz CT molecular complexity index is 492. The van der Waals surface area contributed by atoms with E-state index in [1.54, 1.807) is 0 Å². The summed E-state index contributed by atoms with van der Waals surface area (Å²) in [7, 11) is 0. The van der Waals surface area contributed by atoms with Gasteiger partial charge in [0, 0.05) is 50.0 Å². The monoisotopic (exact) mass is 296 g/mol. The molecule has 0 saturated heterocycles. The number of hydrogen-bond donors (Lipinski definition) is 2. The van der Waals surface area contributed by atoms with Crippen molar-refractivity contribution < 1.29 is 0 Å². The highest BCUT2D eigenvalue weighted by atomic mass is 15.0. The molecule has 2 aromatic heterocycles. The second kappa shape index (κ2) is 8.01. The Morgan fingerprint density at radius 1 is 0.818 bits per heavy atom. The summed E-state index contributed by atoms with van der Waals surface area (Å²) in [5.41, 5.74) is 2.55. The van der Waals surface area contributed by atoms with Crippen molar-refractivity contribution in [3.8, 4) is 0 Å². The van der Waals surface area contributed by atoms with Crippen molar-refractivity contribution in [1.29, 1.82) is 0 Å². The van der Waals surface area contributed by atoms with Crippen LogP contribution >= 0.6 is 0 Å². The van der Waals surface area contributed by atoms with Crippen LogP contribution in [-0.2, 0) is 13.1 Å². The number of nitrogens with zero attached hydrogens (tertiary/aromatic N) is 2. The van der Waals surface area contributed by atoms with Crippen LogP contribution in [0.5, 0.6) is 0 Å². The van der Waals surface area contributed by atoms with Gasteiger partial charge in [0.15, 0.2) is 0 Å². The van der Waals surface area contributed by atoms with Crippen LogP contribution in [0.1, 0.15) is 36.8 Å². The zero-order chi connectivity index (χ0) is 15.0. The maximum absolute atomic E-state index is 4.18. The number of hydrogen-bond acceptors (Lipinski definition) is 4. The molecule has 1 aliphatic carbocycles. The van der Waals surface area contributed by atoms with Gasteiger partial charge in [-0.05, 0) is 42.2 Å². The third-order valence-electron chi connectivity index (χ3n) is 4.37. The third kappa shape index (κ3) is 4.36. The summed E-state index contributed by atoms with van der Waals surface area (Å²) in [6, 6.07) is 9.36. The van der Waals surface area contributed by atoms with Crippen molar-refractivity contribution in [2.45, 2.75) is 50.9 Å². The van der Waals surface area contributed by atoms with Crippen molar-refractivity contribution >= 4 is 0 Å². The Morgan fingerprint density at radius 3 is 2.14 bits per heavy atom. The fraction of sp³-hybridized carbons (Fsp3) is 0.444. The molecule has 0 unspecified atom stereocenters. The number of aromatic nitrogens is 2. The minimum atomic E-state index is 0.538. The predicted octanol–water partition coefficient (Wildman–Crippen LogP) is 2.67. The predicted molar refractivity (Wildman–Crippen MR) is 88.2 cm³/mol. The fourth-order valence-corrected chi connectivity index (χ4v) is 3.12. The molecule has 4 nitrogen and oxygen atoms in total. The fourth-order valence-electron chi connectivity index (χ4n) is 3.12. The lowest BCUT2D eigenvalue weighted by molar-refractivity contribution is 0.281. The van der Waals surface area contributed by atoms with Gasteiger partial charge in [-0.2, -0.15) is 0 Å². The zero-order valence-electron chi connectivity index (χ0n) is 12.9. The largest absolute Gasteiger partial charge is 0.308 e. The quantitative estimate of drug-likeness (QED) is 0.860. The molecule has 0 amide bonds. The topological polar surface area (TPSA) is 49.8 Å². The Hall–Kier alpha value is -1.78. The van der Waals surface area contributed by atoms with Gasteiger partial charge >= 0.3 is 0 Å². The van der Waals surface area contributed by atoms with Crippen molar-refractivity contribution in [3.05, 3.63) is 60.2 Å². The summed E-state index contributed by atoms with van der Waals surface area (Å²) in [6.07, 6.45) is 12.6. The van der Waals surface area contributed by atoms with Gasteiger partial charge < -0.3 is 10.6 Å². The van der Waals surface area contributed by atoms with Gasteiger partial charge in [-0.15, -0.1) is 0 Å². The minimum Gasteiger partial charge on any atom is -0.308 e. The number of nitrogens with one attached hydrogen (secondary N) is 2. The molecular weight excluding hydrogens is 272 g/mol. The van der Waals surface area contributed by atoms with E-state index in [2.05, 4.69) is 38.8 Å². The van der Waals surface area contributed by atoms with Gasteiger partial charge in [0.1, 0.15) is 0 Å². The van der Waals surface area contributed by atoms with Gasteiger partial charge in [0.2, 0.25) is 0 Å². The summed E-state index contributed by atoms with van der Waals surface area (Å²) >= 11 is 0. The highest BCUT2D eigenvalue weighted by Crippen LogP contribution is 2.19. The standard InChI is InChI=1S/C18H24N4/c1-2-6-18(22-14-16-4-3-9-20-12-16)17(5-1)21-13-15-7-10-19-11-8-15/h3-4,7-12,17-18,21-22H,1-2,5-6,13-14H2/t17-,18-/m1/s1. The molecule has 1 saturated carbocycles. The molecule has 1 fully saturated rings. The first-order valence-corrected chi connectivity index (χ1v) is 8.16. The molecule has 1 aliphatic rings. The summed E-state index contributed by atoms with van der Waals surface area (Å²) in [5, 5.41) is 7.43. The highest BCUT2D eigenvalue weighted by Gasteiger charge is 2.24. The van der Waals surface area contributed by atoms with Crippen molar-refractivity contribution in [2.75, 3.05) is 0 Å². The van der Waals surface area contributed by atoms with Gasteiger partial charge in [-0.3, -0.25) is 9.97 Å². The number of rotatable bonds is 6. The van der Waals surface area contributed by atoms with Gasteiger partial charge in [0.05, 0.1) is 0 Å². The molecule has 0 radical (unpaired) electrons. The third-order valence-corrected chi connectivity index (χ3v) is 4.37. The first kappa shape index (κ1) is 15.1. The second-order valence-corrected chi connectivity index (χ2v) is 5.98. The lowest BCUT2D eigenvalue weighted by Gasteiger charge is -2.33. The van der Waals surface area contributed by atoms with E-state index in [1.807, 2.05) is 30.9 Å². The summed E-state index contributed by atoms with van der Waals surface area (Å²) in [5.74, 6) is 0. The van der Waals surface area contributed by atoms with E-state index in [4.69, 9.17) is 0 Å². The summed E-state index contributed by atoms with van der Waals surface area (Å²) < 4.78 is 0.